The van der Waals surface area contributed by atoms with E-state index in [2.05, 4.69) is 15.0 Å². The Labute approximate surface area is 157 Å². The molecule has 0 spiro atoms. The predicted molar refractivity (Wildman–Crippen MR) is 102 cm³/mol. The molecule has 0 amide bonds. The third-order valence-corrected chi connectivity index (χ3v) is 5.35. The summed E-state index contributed by atoms with van der Waals surface area (Å²) in [5, 5.41) is 3.21. The molecule has 0 aliphatic carbocycles. The number of benzene rings is 2. The fraction of sp³-hybridized carbons (Fsp3) is 0.105. The SMILES string of the molecule is Cc1ccc(Nc2ccc(NS(=O)(=O)c3ccc4c(c3)OCO4)nc2)cc1. The van der Waals surface area contributed by atoms with Gasteiger partial charge in [0.1, 0.15) is 5.82 Å². The summed E-state index contributed by atoms with van der Waals surface area (Å²) in [5.41, 5.74) is 2.85. The van der Waals surface area contributed by atoms with Crippen molar-refractivity contribution >= 4 is 27.2 Å². The molecule has 1 aliphatic heterocycles. The number of aryl methyl sites for hydroxylation is 1. The normalized spacial score (nSPS) is 12.6. The second-order valence-electron chi connectivity index (χ2n) is 6.04. The molecule has 0 bridgehead atoms. The lowest BCUT2D eigenvalue weighted by molar-refractivity contribution is 0.174. The van der Waals surface area contributed by atoms with Crippen LogP contribution < -0.4 is 19.5 Å². The third-order valence-electron chi connectivity index (χ3n) is 4.00. The van der Waals surface area contributed by atoms with Crippen molar-refractivity contribution in [2.75, 3.05) is 16.8 Å². The summed E-state index contributed by atoms with van der Waals surface area (Å²) in [5.74, 6) is 1.16. The lowest BCUT2D eigenvalue weighted by atomic mass is 10.2. The maximum Gasteiger partial charge on any atom is 0.263 e. The molecule has 2 N–H and O–H groups in total. The maximum atomic E-state index is 12.5. The third kappa shape index (κ3) is 3.80. The molecule has 0 atom stereocenters. The lowest BCUT2D eigenvalue weighted by Gasteiger charge is -2.10. The molecule has 0 unspecified atom stereocenters. The van der Waals surface area contributed by atoms with Gasteiger partial charge in [0.25, 0.3) is 10.0 Å². The van der Waals surface area contributed by atoms with E-state index in [-0.39, 0.29) is 17.5 Å². The first-order chi connectivity index (χ1) is 13.0. The van der Waals surface area contributed by atoms with Gasteiger partial charge in [-0.15, -0.1) is 0 Å². The molecule has 0 fully saturated rings. The van der Waals surface area contributed by atoms with Crippen molar-refractivity contribution in [3.63, 3.8) is 0 Å². The number of hydrogen-bond donors (Lipinski definition) is 2. The average molecular weight is 383 g/mol. The highest BCUT2D eigenvalue weighted by Crippen LogP contribution is 2.34. The van der Waals surface area contributed by atoms with Crippen LogP contribution in [0.15, 0.2) is 65.7 Å². The van der Waals surface area contributed by atoms with Gasteiger partial charge < -0.3 is 14.8 Å². The molecule has 1 aliphatic rings. The van der Waals surface area contributed by atoms with E-state index in [1.165, 1.54) is 17.7 Å². The van der Waals surface area contributed by atoms with E-state index in [4.69, 9.17) is 9.47 Å². The van der Waals surface area contributed by atoms with E-state index >= 15 is 0 Å². The number of nitrogens with zero attached hydrogens (tertiary/aromatic N) is 1. The smallest absolute Gasteiger partial charge is 0.263 e. The summed E-state index contributed by atoms with van der Waals surface area (Å²) >= 11 is 0. The van der Waals surface area contributed by atoms with Crippen molar-refractivity contribution in [1.29, 1.82) is 0 Å². The molecule has 0 saturated heterocycles. The van der Waals surface area contributed by atoms with Gasteiger partial charge in [-0.1, -0.05) is 17.7 Å². The first-order valence-electron chi connectivity index (χ1n) is 8.22. The molecular weight excluding hydrogens is 366 g/mol. The zero-order valence-electron chi connectivity index (χ0n) is 14.5. The second kappa shape index (κ2) is 6.81. The molecule has 27 heavy (non-hydrogen) atoms. The number of hydrogen-bond acceptors (Lipinski definition) is 6. The molecule has 2 heterocycles. The Kier molecular flexibility index (Phi) is 4.33. The highest BCUT2D eigenvalue weighted by Gasteiger charge is 2.20. The van der Waals surface area contributed by atoms with Gasteiger partial charge in [0.2, 0.25) is 6.79 Å². The lowest BCUT2D eigenvalue weighted by Crippen LogP contribution is -2.13. The fourth-order valence-electron chi connectivity index (χ4n) is 2.57. The molecular formula is C19H17N3O4S. The number of pyridine rings is 1. The molecule has 138 valence electrons. The zero-order chi connectivity index (χ0) is 18.9. The number of sulfonamides is 1. The van der Waals surface area contributed by atoms with Crippen molar-refractivity contribution in [1.82, 2.24) is 4.98 Å². The maximum absolute atomic E-state index is 12.5. The van der Waals surface area contributed by atoms with Crippen LogP contribution in [0.1, 0.15) is 5.56 Å². The zero-order valence-corrected chi connectivity index (χ0v) is 15.3. The summed E-state index contributed by atoms with van der Waals surface area (Å²) in [6.45, 7) is 2.11. The van der Waals surface area contributed by atoms with Crippen LogP contribution in [0, 0.1) is 6.92 Å². The van der Waals surface area contributed by atoms with Gasteiger partial charge in [-0.05, 0) is 43.3 Å². The van der Waals surface area contributed by atoms with Crippen LogP contribution >= 0.6 is 0 Å². The van der Waals surface area contributed by atoms with E-state index in [9.17, 15) is 8.42 Å². The molecule has 8 heteroatoms. The van der Waals surface area contributed by atoms with Crippen LogP contribution in [-0.4, -0.2) is 20.2 Å². The van der Waals surface area contributed by atoms with Crippen LogP contribution in [0.25, 0.3) is 0 Å². The minimum absolute atomic E-state index is 0.0791. The van der Waals surface area contributed by atoms with Crippen LogP contribution in [0.4, 0.5) is 17.2 Å². The Morgan fingerprint density at radius 2 is 1.67 bits per heavy atom. The fourth-order valence-corrected chi connectivity index (χ4v) is 3.60. The summed E-state index contributed by atoms with van der Waals surface area (Å²) < 4.78 is 38.0. The monoisotopic (exact) mass is 383 g/mol. The Balaban J connectivity index is 1.48. The van der Waals surface area contributed by atoms with Crippen LogP contribution in [-0.2, 0) is 10.0 Å². The highest BCUT2D eigenvalue weighted by molar-refractivity contribution is 7.92. The van der Waals surface area contributed by atoms with E-state index in [0.29, 0.717) is 11.5 Å². The molecule has 0 radical (unpaired) electrons. The summed E-state index contributed by atoms with van der Waals surface area (Å²) in [7, 11) is -3.78. The largest absolute Gasteiger partial charge is 0.454 e. The second-order valence-corrected chi connectivity index (χ2v) is 7.73. The standard InChI is InChI=1S/C19H17N3O4S/c1-13-2-4-14(5-3-13)21-15-6-9-19(20-11-15)22-27(23,24)16-7-8-17-18(10-16)26-12-25-17/h2-11,21H,12H2,1H3,(H,20,22). The molecule has 0 saturated carbocycles. The van der Waals surface area contributed by atoms with Gasteiger partial charge in [0.15, 0.2) is 11.5 Å². The first-order valence-corrected chi connectivity index (χ1v) is 9.70. The Hall–Kier alpha value is -3.26. The number of nitrogens with one attached hydrogen (secondary N) is 2. The number of anilines is 3. The van der Waals surface area contributed by atoms with Crippen molar-refractivity contribution in [2.45, 2.75) is 11.8 Å². The summed E-state index contributed by atoms with van der Waals surface area (Å²) in [6.07, 6.45) is 1.57. The van der Waals surface area contributed by atoms with Crippen molar-refractivity contribution in [2.24, 2.45) is 0 Å². The summed E-state index contributed by atoms with van der Waals surface area (Å²) in [6, 6.07) is 15.7. The van der Waals surface area contributed by atoms with Crippen molar-refractivity contribution in [3.05, 3.63) is 66.4 Å². The minimum atomic E-state index is -3.78. The predicted octanol–water partition coefficient (Wildman–Crippen LogP) is 3.66. The van der Waals surface area contributed by atoms with Gasteiger partial charge >= 0.3 is 0 Å². The highest BCUT2D eigenvalue weighted by atomic mass is 32.2. The van der Waals surface area contributed by atoms with Gasteiger partial charge in [0.05, 0.1) is 16.8 Å². The quantitative estimate of drug-likeness (QED) is 0.699. The molecule has 2 aromatic carbocycles. The number of fused-ring (bicyclic) bond motifs is 1. The average Bonchev–Trinajstić information content (AvgIpc) is 3.13. The Morgan fingerprint density at radius 1 is 0.926 bits per heavy atom. The van der Waals surface area contributed by atoms with Gasteiger partial charge in [0, 0.05) is 11.8 Å². The first kappa shape index (κ1) is 17.2. The van der Waals surface area contributed by atoms with Crippen LogP contribution in [0.3, 0.4) is 0 Å². The van der Waals surface area contributed by atoms with Gasteiger partial charge in [-0.25, -0.2) is 13.4 Å². The van der Waals surface area contributed by atoms with E-state index < -0.39 is 10.0 Å². The van der Waals surface area contributed by atoms with E-state index in [1.54, 1.807) is 24.4 Å². The van der Waals surface area contributed by atoms with Crippen LogP contribution in [0.2, 0.25) is 0 Å². The number of rotatable bonds is 5. The van der Waals surface area contributed by atoms with E-state index in [1.807, 2.05) is 31.2 Å². The van der Waals surface area contributed by atoms with Gasteiger partial charge in [-0.3, -0.25) is 4.72 Å². The summed E-state index contributed by atoms with van der Waals surface area (Å²) in [4.78, 5) is 4.25. The topological polar surface area (TPSA) is 89.5 Å². The molecule has 4 rings (SSSR count). The van der Waals surface area contributed by atoms with Gasteiger partial charge in [-0.2, -0.15) is 0 Å². The molecule has 7 nitrogen and oxygen atoms in total. The van der Waals surface area contributed by atoms with Crippen LogP contribution in [0.5, 0.6) is 11.5 Å². The molecule has 3 aromatic rings. The molecule has 1 aromatic heterocycles. The minimum Gasteiger partial charge on any atom is -0.454 e. The number of ether oxygens (including phenoxy) is 2. The van der Waals surface area contributed by atoms with Crippen molar-refractivity contribution in [3.8, 4) is 11.5 Å². The Bertz CT molecular complexity index is 1070. The van der Waals surface area contributed by atoms with Crippen molar-refractivity contribution < 1.29 is 17.9 Å². The Morgan fingerprint density at radius 3 is 2.41 bits per heavy atom. The number of aromatic nitrogens is 1. The van der Waals surface area contributed by atoms with E-state index in [0.717, 1.165) is 11.4 Å².